The van der Waals surface area contributed by atoms with Crippen LogP contribution >= 0.6 is 11.6 Å². The number of halogens is 2. The Morgan fingerprint density at radius 3 is 2.76 bits per heavy atom. The molecule has 0 bridgehead atoms. The second kappa shape index (κ2) is 5.86. The number of aromatic nitrogens is 2. The van der Waals surface area contributed by atoms with E-state index in [-0.39, 0.29) is 18.9 Å². The summed E-state index contributed by atoms with van der Waals surface area (Å²) in [6, 6.07) is 10.1. The Morgan fingerprint density at radius 2 is 2.03 bits per heavy atom. The quantitative estimate of drug-likeness (QED) is 0.495. The molecule has 2 aliphatic rings. The minimum Gasteiger partial charge on any atom is -0.461 e. The summed E-state index contributed by atoms with van der Waals surface area (Å²) in [6.45, 7) is 6.02. The van der Waals surface area contributed by atoms with Crippen molar-refractivity contribution < 1.29 is 18.7 Å². The molecule has 3 aromatic rings. The molecule has 0 unspecified atom stereocenters. The van der Waals surface area contributed by atoms with Crippen molar-refractivity contribution in [2.45, 2.75) is 32.1 Å². The van der Waals surface area contributed by atoms with Crippen LogP contribution in [-0.2, 0) is 10.5 Å². The van der Waals surface area contributed by atoms with Gasteiger partial charge >= 0.3 is 6.09 Å². The van der Waals surface area contributed by atoms with Crippen LogP contribution in [-0.4, -0.2) is 39.2 Å². The van der Waals surface area contributed by atoms with Gasteiger partial charge in [0.2, 0.25) is 5.72 Å². The SMILES string of the molecule is CC(C)(C)OC(=O)N1CC2(C1)Oc1ccc(Cl)nc1-c1cc3c(F)cccc3n12. The second-order valence-corrected chi connectivity index (χ2v) is 8.79. The van der Waals surface area contributed by atoms with E-state index in [1.807, 2.05) is 31.4 Å². The number of rotatable bonds is 0. The van der Waals surface area contributed by atoms with Crippen molar-refractivity contribution in [3.8, 4) is 17.1 Å². The third kappa shape index (κ3) is 2.75. The van der Waals surface area contributed by atoms with Crippen molar-refractivity contribution in [1.29, 1.82) is 0 Å². The van der Waals surface area contributed by atoms with E-state index < -0.39 is 17.4 Å². The number of carbonyl (C=O) groups excluding carboxylic acids is 1. The Labute approximate surface area is 171 Å². The fourth-order valence-electron chi connectivity index (χ4n) is 3.96. The van der Waals surface area contributed by atoms with E-state index in [1.165, 1.54) is 6.07 Å². The molecular formula is C21H19ClFN3O3. The number of amides is 1. The highest BCUT2D eigenvalue weighted by molar-refractivity contribution is 6.29. The van der Waals surface area contributed by atoms with Crippen molar-refractivity contribution in [1.82, 2.24) is 14.5 Å². The van der Waals surface area contributed by atoms with E-state index in [1.54, 1.807) is 29.2 Å². The number of benzene rings is 1. The Hall–Kier alpha value is -2.80. The van der Waals surface area contributed by atoms with Gasteiger partial charge in [-0.2, -0.15) is 0 Å². The van der Waals surface area contributed by atoms with Gasteiger partial charge in [-0.15, -0.1) is 0 Å². The number of ether oxygens (including phenoxy) is 2. The smallest absolute Gasteiger partial charge is 0.410 e. The lowest BCUT2D eigenvalue weighted by Gasteiger charge is -2.52. The van der Waals surface area contributed by atoms with Crippen LogP contribution in [0.5, 0.6) is 5.75 Å². The highest BCUT2D eigenvalue weighted by Gasteiger charge is 2.54. The molecule has 2 aliphatic heterocycles. The zero-order valence-corrected chi connectivity index (χ0v) is 17.0. The Kier molecular flexibility index (Phi) is 3.68. The second-order valence-electron chi connectivity index (χ2n) is 8.40. The van der Waals surface area contributed by atoms with Gasteiger partial charge < -0.3 is 9.47 Å². The molecule has 0 saturated carbocycles. The lowest BCUT2D eigenvalue weighted by molar-refractivity contribution is -0.132. The first-order chi connectivity index (χ1) is 13.7. The maximum absolute atomic E-state index is 14.5. The molecule has 0 radical (unpaired) electrons. The van der Waals surface area contributed by atoms with Crippen molar-refractivity contribution in [3.05, 3.63) is 47.4 Å². The van der Waals surface area contributed by atoms with E-state index in [0.717, 1.165) is 0 Å². The lowest BCUT2D eigenvalue weighted by Crippen LogP contribution is -2.68. The maximum Gasteiger partial charge on any atom is 0.410 e. The highest BCUT2D eigenvalue weighted by atomic mass is 35.5. The molecule has 1 aromatic carbocycles. The predicted octanol–water partition coefficient (Wildman–Crippen LogP) is 4.79. The normalized spacial score (nSPS) is 16.8. The van der Waals surface area contributed by atoms with Gasteiger partial charge in [0.25, 0.3) is 0 Å². The Bertz CT molecular complexity index is 1160. The fraction of sp³-hybridized carbons (Fsp3) is 0.333. The lowest BCUT2D eigenvalue weighted by atomic mass is 10.0. The molecule has 1 fully saturated rings. The summed E-state index contributed by atoms with van der Waals surface area (Å²) < 4.78 is 28.2. The van der Waals surface area contributed by atoms with E-state index in [4.69, 9.17) is 21.1 Å². The van der Waals surface area contributed by atoms with Gasteiger partial charge in [0.05, 0.1) is 24.3 Å². The minimum atomic E-state index is -0.857. The summed E-state index contributed by atoms with van der Waals surface area (Å²) in [5, 5.41) is 0.792. The number of hydrogen-bond donors (Lipinski definition) is 0. The van der Waals surface area contributed by atoms with Crippen LogP contribution in [0.25, 0.3) is 22.3 Å². The minimum absolute atomic E-state index is 0.275. The third-order valence-electron chi connectivity index (χ3n) is 5.09. The van der Waals surface area contributed by atoms with E-state index in [9.17, 15) is 9.18 Å². The molecule has 150 valence electrons. The van der Waals surface area contributed by atoms with Crippen LogP contribution in [0.15, 0.2) is 36.4 Å². The summed E-state index contributed by atoms with van der Waals surface area (Å²) >= 11 is 6.10. The first-order valence-corrected chi connectivity index (χ1v) is 9.69. The topological polar surface area (TPSA) is 56.6 Å². The average molecular weight is 416 g/mol. The summed E-state index contributed by atoms with van der Waals surface area (Å²) in [5.74, 6) is 0.223. The number of pyridine rings is 1. The van der Waals surface area contributed by atoms with Gasteiger partial charge in [-0.25, -0.2) is 14.2 Å². The zero-order chi connectivity index (χ0) is 20.6. The molecule has 5 rings (SSSR count). The van der Waals surface area contributed by atoms with Gasteiger partial charge in [0, 0.05) is 5.39 Å². The van der Waals surface area contributed by atoms with Gasteiger partial charge in [-0.1, -0.05) is 17.7 Å². The van der Waals surface area contributed by atoms with Crippen LogP contribution in [0.1, 0.15) is 20.8 Å². The monoisotopic (exact) mass is 415 g/mol. The summed E-state index contributed by atoms with van der Waals surface area (Å²) in [5.41, 5.74) is 0.489. The van der Waals surface area contributed by atoms with Crippen LogP contribution in [0, 0.1) is 5.82 Å². The predicted molar refractivity (Wildman–Crippen MR) is 107 cm³/mol. The Balaban J connectivity index is 1.62. The molecule has 1 amide bonds. The van der Waals surface area contributed by atoms with Crippen LogP contribution in [0.3, 0.4) is 0 Å². The van der Waals surface area contributed by atoms with E-state index >= 15 is 0 Å². The van der Waals surface area contributed by atoms with Crippen LogP contribution in [0.4, 0.5) is 9.18 Å². The molecule has 6 nitrogen and oxygen atoms in total. The molecular weight excluding hydrogens is 397 g/mol. The van der Waals surface area contributed by atoms with Crippen molar-refractivity contribution in [2.75, 3.05) is 13.1 Å². The molecule has 2 aromatic heterocycles. The number of fused-ring (bicyclic) bond motifs is 6. The number of hydrogen-bond acceptors (Lipinski definition) is 4. The first-order valence-electron chi connectivity index (χ1n) is 9.31. The van der Waals surface area contributed by atoms with Gasteiger partial charge in [-0.3, -0.25) is 9.47 Å². The molecule has 29 heavy (non-hydrogen) atoms. The fourth-order valence-corrected chi connectivity index (χ4v) is 4.11. The van der Waals surface area contributed by atoms with Gasteiger partial charge in [0.1, 0.15) is 22.3 Å². The van der Waals surface area contributed by atoms with Gasteiger partial charge in [0.15, 0.2) is 5.75 Å². The maximum atomic E-state index is 14.5. The molecule has 1 saturated heterocycles. The summed E-state index contributed by atoms with van der Waals surface area (Å²) in [6.07, 6.45) is -0.407. The van der Waals surface area contributed by atoms with E-state index in [0.29, 0.717) is 33.2 Å². The number of carbonyl (C=O) groups is 1. The largest absolute Gasteiger partial charge is 0.461 e. The van der Waals surface area contributed by atoms with E-state index in [2.05, 4.69) is 4.98 Å². The van der Waals surface area contributed by atoms with Gasteiger partial charge in [-0.05, 0) is 51.1 Å². The van der Waals surface area contributed by atoms with Crippen molar-refractivity contribution in [2.24, 2.45) is 0 Å². The highest BCUT2D eigenvalue weighted by Crippen LogP contribution is 2.47. The molecule has 8 heteroatoms. The molecule has 0 atom stereocenters. The first kappa shape index (κ1) is 18.2. The molecule has 4 heterocycles. The molecule has 0 aliphatic carbocycles. The third-order valence-corrected chi connectivity index (χ3v) is 5.31. The summed E-state index contributed by atoms with van der Waals surface area (Å²) in [4.78, 5) is 18.5. The van der Waals surface area contributed by atoms with Crippen molar-refractivity contribution >= 4 is 28.6 Å². The Morgan fingerprint density at radius 1 is 1.28 bits per heavy atom. The average Bonchev–Trinajstić information content (AvgIpc) is 2.99. The van der Waals surface area contributed by atoms with Crippen molar-refractivity contribution in [3.63, 3.8) is 0 Å². The number of nitrogens with zero attached hydrogens (tertiary/aromatic N) is 3. The molecule has 1 spiro atoms. The van der Waals surface area contributed by atoms with Crippen LogP contribution < -0.4 is 4.74 Å². The molecule has 0 N–H and O–H groups in total. The standard InChI is InChI=1S/C21H19ClFN3O3/c1-20(2,3)29-19(27)25-10-21(11-25)26-14-6-4-5-13(23)12(14)9-15(26)18-16(28-21)7-8-17(22)24-18/h4-9H,10-11H2,1-3H3. The summed E-state index contributed by atoms with van der Waals surface area (Å²) in [7, 11) is 0. The zero-order valence-electron chi connectivity index (χ0n) is 16.2. The van der Waals surface area contributed by atoms with Crippen LogP contribution in [0.2, 0.25) is 5.15 Å². The number of likely N-dealkylation sites (tertiary alicyclic amines) is 1.